The molecule has 1 heterocycles. The zero-order valence-corrected chi connectivity index (χ0v) is 7.44. The number of hydrogen-bond donors (Lipinski definition) is 1. The highest BCUT2D eigenvalue weighted by molar-refractivity contribution is 5.64. The van der Waals surface area contributed by atoms with Gasteiger partial charge in [0.1, 0.15) is 5.82 Å². The van der Waals surface area contributed by atoms with Gasteiger partial charge < -0.3 is 5.73 Å². The maximum atomic E-state index is 12.8. The molecule has 3 heteroatoms. The van der Waals surface area contributed by atoms with Gasteiger partial charge in [-0.3, -0.25) is 4.98 Å². The summed E-state index contributed by atoms with van der Waals surface area (Å²) in [6, 6.07) is 8.68. The van der Waals surface area contributed by atoms with Crippen LogP contribution in [0.4, 0.5) is 10.1 Å². The van der Waals surface area contributed by atoms with Gasteiger partial charge in [0.25, 0.3) is 0 Å². The van der Waals surface area contributed by atoms with Gasteiger partial charge in [-0.2, -0.15) is 0 Å². The molecule has 70 valence electrons. The van der Waals surface area contributed by atoms with E-state index in [1.165, 1.54) is 12.3 Å². The molecule has 0 amide bonds. The number of nitrogens with zero attached hydrogens (tertiary/aromatic N) is 1. The topological polar surface area (TPSA) is 38.9 Å². The second-order valence-corrected chi connectivity index (χ2v) is 3.01. The van der Waals surface area contributed by atoms with Crippen molar-refractivity contribution < 1.29 is 4.39 Å². The van der Waals surface area contributed by atoms with Crippen LogP contribution >= 0.6 is 0 Å². The number of pyridine rings is 1. The standard InChI is InChI=1S/C11H9FN2/c12-10-5-9(6-14-7-10)8-1-3-11(13)4-2-8/h1-7H,13H2. The Balaban J connectivity index is 2.44. The lowest BCUT2D eigenvalue weighted by atomic mass is 10.1. The van der Waals surface area contributed by atoms with Crippen molar-refractivity contribution in [3.8, 4) is 11.1 Å². The van der Waals surface area contributed by atoms with E-state index >= 15 is 0 Å². The van der Waals surface area contributed by atoms with E-state index in [4.69, 9.17) is 5.73 Å². The van der Waals surface area contributed by atoms with Gasteiger partial charge >= 0.3 is 0 Å². The van der Waals surface area contributed by atoms with E-state index in [2.05, 4.69) is 4.98 Å². The fraction of sp³-hybridized carbons (Fsp3) is 0. The first-order valence-corrected chi connectivity index (χ1v) is 4.22. The molecule has 14 heavy (non-hydrogen) atoms. The van der Waals surface area contributed by atoms with Crippen LogP contribution in [0.2, 0.25) is 0 Å². The smallest absolute Gasteiger partial charge is 0.142 e. The highest BCUT2D eigenvalue weighted by Gasteiger charge is 1.98. The van der Waals surface area contributed by atoms with Crippen molar-refractivity contribution in [2.45, 2.75) is 0 Å². The summed E-state index contributed by atoms with van der Waals surface area (Å²) in [5, 5.41) is 0. The summed E-state index contributed by atoms with van der Waals surface area (Å²) in [5.41, 5.74) is 7.90. The van der Waals surface area contributed by atoms with Crippen molar-refractivity contribution in [2.24, 2.45) is 0 Å². The minimum Gasteiger partial charge on any atom is -0.399 e. The first-order valence-electron chi connectivity index (χ1n) is 4.22. The maximum absolute atomic E-state index is 12.8. The van der Waals surface area contributed by atoms with Crippen LogP contribution in [0.15, 0.2) is 42.7 Å². The molecular weight excluding hydrogens is 179 g/mol. The van der Waals surface area contributed by atoms with E-state index in [9.17, 15) is 4.39 Å². The Morgan fingerprint density at radius 3 is 2.36 bits per heavy atom. The summed E-state index contributed by atoms with van der Waals surface area (Å²) < 4.78 is 12.8. The predicted octanol–water partition coefficient (Wildman–Crippen LogP) is 2.47. The number of nitrogens with two attached hydrogens (primary N) is 1. The molecule has 2 aromatic rings. The molecule has 2 rings (SSSR count). The molecule has 0 saturated carbocycles. The van der Waals surface area contributed by atoms with E-state index in [0.29, 0.717) is 5.69 Å². The van der Waals surface area contributed by atoms with Gasteiger partial charge in [0.05, 0.1) is 6.20 Å². The quantitative estimate of drug-likeness (QED) is 0.698. The van der Waals surface area contributed by atoms with Gasteiger partial charge in [-0.15, -0.1) is 0 Å². The lowest BCUT2D eigenvalue weighted by Gasteiger charge is -2.01. The van der Waals surface area contributed by atoms with E-state index in [-0.39, 0.29) is 5.82 Å². The fourth-order valence-electron chi connectivity index (χ4n) is 1.25. The number of aromatic nitrogens is 1. The van der Waals surface area contributed by atoms with Gasteiger partial charge in [-0.05, 0) is 23.8 Å². The normalized spacial score (nSPS) is 10.1. The number of benzene rings is 1. The summed E-state index contributed by atoms with van der Waals surface area (Å²) in [6.45, 7) is 0. The van der Waals surface area contributed by atoms with Crippen molar-refractivity contribution in [1.82, 2.24) is 4.98 Å². The predicted molar refractivity (Wildman–Crippen MR) is 54.0 cm³/mol. The summed E-state index contributed by atoms with van der Waals surface area (Å²) in [4.78, 5) is 3.78. The van der Waals surface area contributed by atoms with Crippen LogP contribution < -0.4 is 5.73 Å². The van der Waals surface area contributed by atoms with Gasteiger partial charge in [0.2, 0.25) is 0 Å². The maximum Gasteiger partial charge on any atom is 0.142 e. The Labute approximate surface area is 81.2 Å². The number of nitrogen functional groups attached to an aromatic ring is 1. The zero-order chi connectivity index (χ0) is 9.97. The van der Waals surface area contributed by atoms with Crippen molar-refractivity contribution in [1.29, 1.82) is 0 Å². The zero-order valence-electron chi connectivity index (χ0n) is 7.44. The third-order valence-electron chi connectivity index (χ3n) is 1.95. The van der Waals surface area contributed by atoms with E-state index in [1.54, 1.807) is 18.3 Å². The summed E-state index contributed by atoms with van der Waals surface area (Å²) in [5.74, 6) is -0.334. The molecule has 0 aliphatic carbocycles. The highest BCUT2D eigenvalue weighted by atomic mass is 19.1. The third kappa shape index (κ3) is 1.71. The van der Waals surface area contributed by atoms with Crippen molar-refractivity contribution in [3.05, 3.63) is 48.5 Å². The summed E-state index contributed by atoms with van der Waals surface area (Å²) in [6.07, 6.45) is 2.80. The molecule has 0 aliphatic rings. The summed E-state index contributed by atoms with van der Waals surface area (Å²) >= 11 is 0. The first-order chi connectivity index (χ1) is 6.75. The van der Waals surface area contributed by atoms with E-state index in [1.807, 2.05) is 12.1 Å². The highest BCUT2D eigenvalue weighted by Crippen LogP contribution is 2.19. The largest absolute Gasteiger partial charge is 0.399 e. The molecule has 0 bridgehead atoms. The molecule has 0 fully saturated rings. The van der Waals surface area contributed by atoms with Crippen molar-refractivity contribution in [2.75, 3.05) is 5.73 Å². The average Bonchev–Trinajstić information content (AvgIpc) is 2.19. The van der Waals surface area contributed by atoms with Crippen LogP contribution in [0.3, 0.4) is 0 Å². The average molecular weight is 188 g/mol. The molecule has 0 atom stereocenters. The third-order valence-corrected chi connectivity index (χ3v) is 1.95. The lowest BCUT2D eigenvalue weighted by Crippen LogP contribution is -1.85. The van der Waals surface area contributed by atoms with Crippen LogP contribution in [-0.2, 0) is 0 Å². The van der Waals surface area contributed by atoms with Gasteiger partial charge in [0.15, 0.2) is 0 Å². The SMILES string of the molecule is Nc1ccc(-c2cncc(F)c2)cc1. The Hall–Kier alpha value is -1.90. The lowest BCUT2D eigenvalue weighted by molar-refractivity contribution is 0.622. The van der Waals surface area contributed by atoms with Crippen LogP contribution in [-0.4, -0.2) is 4.98 Å². The van der Waals surface area contributed by atoms with Crippen LogP contribution in [0.1, 0.15) is 0 Å². The molecule has 2 nitrogen and oxygen atoms in total. The van der Waals surface area contributed by atoms with Gasteiger partial charge in [-0.25, -0.2) is 4.39 Å². The Morgan fingerprint density at radius 1 is 1.00 bits per heavy atom. The van der Waals surface area contributed by atoms with Crippen molar-refractivity contribution >= 4 is 5.69 Å². The molecule has 0 saturated heterocycles. The Morgan fingerprint density at radius 2 is 1.71 bits per heavy atom. The van der Waals surface area contributed by atoms with Crippen LogP contribution in [0.5, 0.6) is 0 Å². The molecular formula is C11H9FN2. The van der Waals surface area contributed by atoms with Gasteiger partial charge in [0, 0.05) is 17.4 Å². The number of anilines is 1. The number of hydrogen-bond acceptors (Lipinski definition) is 2. The molecule has 1 aromatic heterocycles. The fourth-order valence-corrected chi connectivity index (χ4v) is 1.25. The molecule has 0 radical (unpaired) electrons. The molecule has 0 unspecified atom stereocenters. The van der Waals surface area contributed by atoms with Crippen molar-refractivity contribution in [3.63, 3.8) is 0 Å². The minimum absolute atomic E-state index is 0.334. The second kappa shape index (κ2) is 3.46. The molecule has 1 aromatic carbocycles. The van der Waals surface area contributed by atoms with E-state index in [0.717, 1.165) is 11.1 Å². The molecule has 0 aliphatic heterocycles. The minimum atomic E-state index is -0.334. The Bertz CT molecular complexity index is 437. The van der Waals surface area contributed by atoms with Crippen LogP contribution in [0, 0.1) is 5.82 Å². The molecule has 0 spiro atoms. The van der Waals surface area contributed by atoms with Gasteiger partial charge in [-0.1, -0.05) is 12.1 Å². The second-order valence-electron chi connectivity index (χ2n) is 3.01. The molecule has 2 N–H and O–H groups in total. The number of halogens is 1. The summed E-state index contributed by atoms with van der Waals surface area (Å²) in [7, 11) is 0. The number of rotatable bonds is 1. The first kappa shape index (κ1) is 8.69. The van der Waals surface area contributed by atoms with Crippen LogP contribution in [0.25, 0.3) is 11.1 Å². The Kier molecular flexibility index (Phi) is 2.14. The van der Waals surface area contributed by atoms with E-state index < -0.39 is 0 Å². The monoisotopic (exact) mass is 188 g/mol.